The van der Waals surface area contributed by atoms with Crippen LogP contribution < -0.4 is 5.32 Å². The van der Waals surface area contributed by atoms with E-state index in [0.717, 1.165) is 50.0 Å². The molecule has 168 valence electrons. The summed E-state index contributed by atoms with van der Waals surface area (Å²) in [5.74, 6) is 0.226. The van der Waals surface area contributed by atoms with E-state index in [0.29, 0.717) is 41.4 Å². The van der Waals surface area contributed by atoms with Crippen molar-refractivity contribution in [3.05, 3.63) is 35.8 Å². The molecule has 2 aromatic rings. The topological polar surface area (TPSA) is 66.7 Å². The predicted octanol–water partition coefficient (Wildman–Crippen LogP) is 4.36. The molecule has 2 atom stereocenters. The molecule has 2 amide bonds. The number of fused-ring (bicyclic) bond motifs is 3. The minimum absolute atomic E-state index is 0.0903. The first-order valence-corrected chi connectivity index (χ1v) is 11.7. The highest BCUT2D eigenvalue weighted by Crippen LogP contribution is 2.52. The number of carbonyl (C=O) groups is 2. The summed E-state index contributed by atoms with van der Waals surface area (Å²) in [4.78, 5) is 32.1. The molecule has 2 unspecified atom stereocenters. The fraction of sp³-hybridized carbons (Fsp3) is 0.640. The van der Waals surface area contributed by atoms with Crippen molar-refractivity contribution in [2.75, 3.05) is 13.1 Å². The molecule has 2 aliphatic rings. The summed E-state index contributed by atoms with van der Waals surface area (Å²) in [6.45, 7) is 10.4. The number of nitrogens with one attached hydrogen (secondary N) is 1. The van der Waals surface area contributed by atoms with Crippen molar-refractivity contribution < 1.29 is 9.59 Å². The van der Waals surface area contributed by atoms with Crippen LogP contribution in [0.25, 0.3) is 5.65 Å². The maximum atomic E-state index is 12.8. The van der Waals surface area contributed by atoms with E-state index in [1.54, 1.807) is 0 Å². The largest absolute Gasteiger partial charge is 0.351 e. The van der Waals surface area contributed by atoms with E-state index in [1.165, 1.54) is 6.42 Å². The number of aromatic nitrogens is 2. The van der Waals surface area contributed by atoms with E-state index < -0.39 is 0 Å². The normalized spacial score (nSPS) is 24.5. The number of hydrogen-bond donors (Lipinski definition) is 1. The van der Waals surface area contributed by atoms with Gasteiger partial charge in [0.2, 0.25) is 5.91 Å². The van der Waals surface area contributed by atoms with E-state index in [4.69, 9.17) is 0 Å². The molecule has 3 heterocycles. The summed E-state index contributed by atoms with van der Waals surface area (Å²) in [5, 5.41) is 3.01. The van der Waals surface area contributed by atoms with E-state index in [-0.39, 0.29) is 5.91 Å². The quantitative estimate of drug-likeness (QED) is 0.672. The van der Waals surface area contributed by atoms with Gasteiger partial charge in [-0.1, -0.05) is 33.3 Å². The van der Waals surface area contributed by atoms with Crippen LogP contribution in [0.15, 0.2) is 24.4 Å². The van der Waals surface area contributed by atoms with Crippen molar-refractivity contribution in [3.63, 3.8) is 0 Å². The van der Waals surface area contributed by atoms with Gasteiger partial charge in [0.05, 0.1) is 5.69 Å². The van der Waals surface area contributed by atoms with Gasteiger partial charge in [-0.25, -0.2) is 4.98 Å². The molecule has 1 saturated carbocycles. The summed E-state index contributed by atoms with van der Waals surface area (Å²) < 4.78 is 1.83. The van der Waals surface area contributed by atoms with Crippen LogP contribution in [0.3, 0.4) is 0 Å². The number of likely N-dealkylation sites (tertiary alicyclic amines) is 1. The van der Waals surface area contributed by atoms with Crippen molar-refractivity contribution in [2.24, 2.45) is 10.8 Å². The molecule has 2 bridgehead atoms. The monoisotopic (exact) mass is 424 g/mol. The van der Waals surface area contributed by atoms with Crippen LogP contribution in [0.4, 0.5) is 0 Å². The Balaban J connectivity index is 1.19. The number of aryl methyl sites for hydroxylation is 1. The van der Waals surface area contributed by atoms with Crippen LogP contribution in [0, 0.1) is 17.8 Å². The van der Waals surface area contributed by atoms with Crippen LogP contribution >= 0.6 is 0 Å². The Kier molecular flexibility index (Phi) is 5.84. The van der Waals surface area contributed by atoms with Gasteiger partial charge in [0.25, 0.3) is 5.91 Å². The minimum Gasteiger partial charge on any atom is -0.351 e. The number of amides is 2. The average Bonchev–Trinajstić information content (AvgIpc) is 3.15. The van der Waals surface area contributed by atoms with Gasteiger partial charge in [0.15, 0.2) is 0 Å². The molecule has 6 heteroatoms. The first kappa shape index (κ1) is 21.8. The molecule has 0 spiro atoms. The van der Waals surface area contributed by atoms with E-state index in [1.807, 2.05) is 35.7 Å². The number of hydrogen-bond acceptors (Lipinski definition) is 3. The van der Waals surface area contributed by atoms with E-state index >= 15 is 0 Å². The van der Waals surface area contributed by atoms with Gasteiger partial charge in [-0.3, -0.25) is 14.0 Å². The third-order valence-electron chi connectivity index (χ3n) is 7.01. The molecule has 1 aliphatic carbocycles. The van der Waals surface area contributed by atoms with Crippen LogP contribution in [0.1, 0.15) is 81.9 Å². The lowest BCUT2D eigenvalue weighted by Crippen LogP contribution is -2.37. The standard InChI is InChI=1S/C25H36N4O2/c1-18-22(28-13-9-7-10-20(28)27-18)23(31)26-12-8-5-6-11-21(30)29-17-25(4)15-19(29)14-24(2,3)16-25/h7,9-10,13,19H,5-6,8,11-12,14-17H2,1-4H3,(H,26,31). The lowest BCUT2D eigenvalue weighted by atomic mass is 9.65. The zero-order chi connectivity index (χ0) is 22.2. The van der Waals surface area contributed by atoms with Crippen molar-refractivity contribution in [1.82, 2.24) is 19.6 Å². The number of rotatable bonds is 7. The number of imidazole rings is 1. The Labute approximate surface area is 185 Å². The van der Waals surface area contributed by atoms with Crippen molar-refractivity contribution >= 4 is 17.5 Å². The highest BCUT2D eigenvalue weighted by atomic mass is 16.2. The van der Waals surface area contributed by atoms with Gasteiger partial charge in [-0.15, -0.1) is 0 Å². The fourth-order valence-corrected chi connectivity index (χ4v) is 6.15. The third kappa shape index (κ3) is 4.63. The summed E-state index contributed by atoms with van der Waals surface area (Å²) in [5.41, 5.74) is 2.75. The Morgan fingerprint density at radius 3 is 2.77 bits per heavy atom. The second kappa shape index (κ2) is 8.29. The Morgan fingerprint density at radius 1 is 1.16 bits per heavy atom. The molecule has 2 aromatic heterocycles. The van der Waals surface area contributed by atoms with Gasteiger partial charge >= 0.3 is 0 Å². The molecule has 1 saturated heterocycles. The molecule has 6 nitrogen and oxygen atoms in total. The van der Waals surface area contributed by atoms with Gasteiger partial charge in [0.1, 0.15) is 11.3 Å². The van der Waals surface area contributed by atoms with Crippen LogP contribution in [-0.2, 0) is 4.79 Å². The SMILES string of the molecule is Cc1nc2ccccn2c1C(=O)NCCCCCC(=O)N1CC2(C)CC1CC(C)(C)C2. The van der Waals surface area contributed by atoms with E-state index in [2.05, 4.69) is 36.0 Å². The highest BCUT2D eigenvalue weighted by molar-refractivity contribution is 5.94. The molecule has 2 fully saturated rings. The Morgan fingerprint density at radius 2 is 1.97 bits per heavy atom. The van der Waals surface area contributed by atoms with Gasteiger partial charge < -0.3 is 10.2 Å². The fourth-order valence-electron chi connectivity index (χ4n) is 6.15. The van der Waals surface area contributed by atoms with Gasteiger partial charge in [0, 0.05) is 31.7 Å². The molecule has 1 aliphatic heterocycles. The van der Waals surface area contributed by atoms with Gasteiger partial charge in [-0.05, 0) is 62.0 Å². The zero-order valence-corrected chi connectivity index (χ0v) is 19.4. The van der Waals surface area contributed by atoms with E-state index in [9.17, 15) is 9.59 Å². The second-order valence-electron chi connectivity index (χ2n) is 10.8. The summed E-state index contributed by atoms with van der Waals surface area (Å²) in [6.07, 6.45) is 8.69. The van der Waals surface area contributed by atoms with Gasteiger partial charge in [-0.2, -0.15) is 0 Å². The maximum absolute atomic E-state index is 12.8. The summed E-state index contributed by atoms with van der Waals surface area (Å²) >= 11 is 0. The molecule has 0 aromatic carbocycles. The molecule has 31 heavy (non-hydrogen) atoms. The van der Waals surface area contributed by atoms with Crippen molar-refractivity contribution in [1.29, 1.82) is 0 Å². The number of nitrogens with zero attached hydrogens (tertiary/aromatic N) is 3. The maximum Gasteiger partial charge on any atom is 0.270 e. The van der Waals surface area contributed by atoms with Crippen LogP contribution in [0.2, 0.25) is 0 Å². The Bertz CT molecular complexity index is 979. The first-order valence-electron chi connectivity index (χ1n) is 11.7. The molecular weight excluding hydrogens is 388 g/mol. The predicted molar refractivity (Wildman–Crippen MR) is 122 cm³/mol. The molecule has 0 radical (unpaired) electrons. The molecular formula is C25H36N4O2. The number of pyridine rings is 1. The van der Waals surface area contributed by atoms with Crippen LogP contribution in [0.5, 0.6) is 0 Å². The second-order valence-corrected chi connectivity index (χ2v) is 10.8. The molecule has 4 rings (SSSR count). The van der Waals surface area contributed by atoms with Crippen molar-refractivity contribution in [2.45, 2.75) is 78.7 Å². The first-order chi connectivity index (χ1) is 14.7. The number of carbonyl (C=O) groups excluding carboxylic acids is 2. The lowest BCUT2D eigenvalue weighted by Gasteiger charge is -2.39. The third-order valence-corrected chi connectivity index (χ3v) is 7.01. The summed E-state index contributed by atoms with van der Waals surface area (Å²) in [6, 6.07) is 6.14. The lowest BCUT2D eigenvalue weighted by molar-refractivity contribution is -0.132. The van der Waals surface area contributed by atoms with Crippen molar-refractivity contribution in [3.8, 4) is 0 Å². The Hall–Kier alpha value is -2.37. The highest BCUT2D eigenvalue weighted by Gasteiger charge is 2.50. The zero-order valence-electron chi connectivity index (χ0n) is 19.4. The minimum atomic E-state index is -0.0903. The number of unbranched alkanes of at least 4 members (excludes halogenated alkanes) is 2. The van der Waals surface area contributed by atoms with Crippen LogP contribution in [-0.4, -0.2) is 45.2 Å². The smallest absolute Gasteiger partial charge is 0.270 e. The average molecular weight is 425 g/mol. The summed E-state index contributed by atoms with van der Waals surface area (Å²) in [7, 11) is 0. The molecule has 1 N–H and O–H groups in total.